The number of nitrogens with zero attached hydrogens (tertiary/aromatic N) is 3. The summed E-state index contributed by atoms with van der Waals surface area (Å²) >= 11 is 0. The Kier molecular flexibility index (Phi) is 3.36. The minimum atomic E-state index is -2.64. The maximum absolute atomic E-state index is 10.8. The molecule has 1 aliphatic rings. The van der Waals surface area contributed by atoms with Crippen molar-refractivity contribution in [2.75, 3.05) is 0 Å². The van der Waals surface area contributed by atoms with Crippen molar-refractivity contribution in [1.29, 1.82) is 0 Å². The average molecular weight is 233 g/mol. The maximum atomic E-state index is 10.8. The molecule has 5 N–H and O–H groups in total. The Labute approximate surface area is 89.2 Å². The van der Waals surface area contributed by atoms with E-state index < -0.39 is 42.3 Å². The van der Waals surface area contributed by atoms with E-state index in [0.717, 1.165) is 0 Å². The Bertz CT molecular complexity index is 343. The average Bonchev–Trinajstić information content (AvgIpc) is 2.21. The molecule has 0 unspecified atom stereocenters. The number of azide groups is 1. The van der Waals surface area contributed by atoms with Gasteiger partial charge in [-0.1, -0.05) is 5.11 Å². The van der Waals surface area contributed by atoms with E-state index in [4.69, 9.17) is 10.6 Å². The third kappa shape index (κ3) is 1.82. The van der Waals surface area contributed by atoms with Crippen LogP contribution in [0.15, 0.2) is 5.11 Å². The smallest absolute Gasteiger partial charge is 0.338 e. The molecule has 1 aliphatic carbocycles. The van der Waals surface area contributed by atoms with Crippen LogP contribution in [-0.4, -0.2) is 61.5 Å². The molecule has 1 rings (SSSR count). The van der Waals surface area contributed by atoms with Crippen molar-refractivity contribution in [2.24, 2.45) is 5.11 Å². The number of aliphatic carboxylic acids is 1. The fourth-order valence-corrected chi connectivity index (χ4v) is 1.66. The molecule has 0 heterocycles. The van der Waals surface area contributed by atoms with E-state index in [1.54, 1.807) is 0 Å². The monoisotopic (exact) mass is 233 g/mol. The number of aliphatic hydroxyl groups excluding tert-OH is 3. The van der Waals surface area contributed by atoms with Crippen LogP contribution in [-0.2, 0) is 4.79 Å². The highest BCUT2D eigenvalue weighted by Crippen LogP contribution is 2.31. The maximum Gasteiger partial charge on any atom is 0.338 e. The molecule has 9 heteroatoms. The van der Waals surface area contributed by atoms with Crippen molar-refractivity contribution in [3.8, 4) is 0 Å². The molecule has 5 atom stereocenters. The first kappa shape index (κ1) is 12.7. The van der Waals surface area contributed by atoms with Crippen molar-refractivity contribution in [3.05, 3.63) is 10.4 Å². The van der Waals surface area contributed by atoms with Gasteiger partial charge in [0, 0.05) is 11.3 Å². The second-order valence-corrected chi connectivity index (χ2v) is 3.63. The lowest BCUT2D eigenvalue weighted by Crippen LogP contribution is -2.65. The molecule has 0 aromatic carbocycles. The standard InChI is InChI=1S/C7H11N3O6/c8-10-9-3-4(12)2(11)1-7(16,5(3)13)6(14)15/h2-5,11-13,16H,1H2,(H,14,15)/t2-,3-,4+,5+,7+/m1/s1. The Morgan fingerprint density at radius 1 is 1.44 bits per heavy atom. The van der Waals surface area contributed by atoms with Gasteiger partial charge in [0.25, 0.3) is 0 Å². The molecule has 0 aromatic rings. The van der Waals surface area contributed by atoms with E-state index in [9.17, 15) is 25.2 Å². The molecular formula is C7H11N3O6. The number of aliphatic hydroxyl groups is 4. The molecule has 0 aromatic heterocycles. The molecule has 9 nitrogen and oxygen atoms in total. The lowest BCUT2D eigenvalue weighted by molar-refractivity contribution is -0.200. The summed E-state index contributed by atoms with van der Waals surface area (Å²) in [4.78, 5) is 13.1. The van der Waals surface area contributed by atoms with Gasteiger partial charge in [-0.15, -0.1) is 0 Å². The van der Waals surface area contributed by atoms with Gasteiger partial charge in [0.2, 0.25) is 0 Å². The highest BCUT2D eigenvalue weighted by atomic mass is 16.4. The number of rotatable bonds is 2. The minimum Gasteiger partial charge on any atom is -0.479 e. The van der Waals surface area contributed by atoms with Crippen LogP contribution in [0, 0.1) is 0 Å². The number of carboxylic acids is 1. The lowest BCUT2D eigenvalue weighted by atomic mass is 9.76. The van der Waals surface area contributed by atoms with E-state index in [1.165, 1.54) is 0 Å². The fourth-order valence-electron chi connectivity index (χ4n) is 1.66. The van der Waals surface area contributed by atoms with Gasteiger partial charge < -0.3 is 25.5 Å². The zero-order valence-corrected chi connectivity index (χ0v) is 8.00. The zero-order chi connectivity index (χ0) is 12.5. The number of hydrogen-bond acceptors (Lipinski definition) is 6. The quantitative estimate of drug-likeness (QED) is 0.209. The summed E-state index contributed by atoms with van der Waals surface area (Å²) < 4.78 is 0. The largest absolute Gasteiger partial charge is 0.479 e. The summed E-state index contributed by atoms with van der Waals surface area (Å²) in [6.07, 6.45) is -5.95. The van der Waals surface area contributed by atoms with Crippen LogP contribution in [0.4, 0.5) is 0 Å². The van der Waals surface area contributed by atoms with E-state index >= 15 is 0 Å². The summed E-state index contributed by atoms with van der Waals surface area (Å²) in [5.74, 6) is -1.76. The van der Waals surface area contributed by atoms with Gasteiger partial charge in [0.1, 0.15) is 6.10 Å². The second-order valence-electron chi connectivity index (χ2n) is 3.63. The minimum absolute atomic E-state index is 0.748. The predicted molar refractivity (Wildman–Crippen MR) is 48.2 cm³/mol. The van der Waals surface area contributed by atoms with Crippen LogP contribution in [0.2, 0.25) is 0 Å². The molecular weight excluding hydrogens is 222 g/mol. The number of carbonyl (C=O) groups is 1. The summed E-state index contributed by atoms with van der Waals surface area (Å²) in [5, 5.41) is 49.5. The molecule has 0 spiro atoms. The third-order valence-electron chi connectivity index (χ3n) is 2.63. The van der Waals surface area contributed by atoms with Gasteiger partial charge in [-0.25, -0.2) is 4.79 Å². The highest BCUT2D eigenvalue weighted by molar-refractivity contribution is 5.78. The normalized spacial score (nSPS) is 43.5. The van der Waals surface area contributed by atoms with Crippen molar-refractivity contribution in [2.45, 2.75) is 36.4 Å². The molecule has 0 bridgehead atoms. The second kappa shape index (κ2) is 4.24. The highest BCUT2D eigenvalue weighted by Gasteiger charge is 2.55. The van der Waals surface area contributed by atoms with Crippen molar-refractivity contribution >= 4 is 5.97 Å². The first-order valence-electron chi connectivity index (χ1n) is 4.38. The molecule has 0 aliphatic heterocycles. The van der Waals surface area contributed by atoms with E-state index in [0.29, 0.717) is 0 Å². The Morgan fingerprint density at radius 3 is 2.44 bits per heavy atom. The SMILES string of the molecule is [N-]=[N+]=N[C@@H]1[C@@H](O)[C@H](O)C[C@@](O)(C(=O)O)[C@H]1O. The molecule has 1 fully saturated rings. The Morgan fingerprint density at radius 2 is 2.00 bits per heavy atom. The van der Waals surface area contributed by atoms with Gasteiger partial charge in [-0.3, -0.25) is 0 Å². The van der Waals surface area contributed by atoms with Crippen LogP contribution in [0.1, 0.15) is 6.42 Å². The topological polar surface area (TPSA) is 167 Å². The van der Waals surface area contributed by atoms with Gasteiger partial charge in [-0.2, -0.15) is 0 Å². The molecule has 16 heavy (non-hydrogen) atoms. The van der Waals surface area contributed by atoms with Crippen LogP contribution in [0.5, 0.6) is 0 Å². The van der Waals surface area contributed by atoms with Crippen LogP contribution < -0.4 is 0 Å². The number of carboxylic acid groups (broad SMARTS) is 1. The Balaban J connectivity index is 3.11. The lowest BCUT2D eigenvalue weighted by Gasteiger charge is -2.41. The number of hydrogen-bond donors (Lipinski definition) is 5. The summed E-state index contributed by atoms with van der Waals surface area (Å²) in [5.41, 5.74) is 5.53. The molecule has 0 saturated heterocycles. The summed E-state index contributed by atoms with van der Waals surface area (Å²) in [6.45, 7) is 0. The van der Waals surface area contributed by atoms with Crippen molar-refractivity contribution in [1.82, 2.24) is 0 Å². The molecule has 0 amide bonds. The predicted octanol–water partition coefficient (Wildman–Crippen LogP) is -2.03. The third-order valence-corrected chi connectivity index (χ3v) is 2.63. The van der Waals surface area contributed by atoms with Gasteiger partial charge in [0.15, 0.2) is 5.60 Å². The molecule has 1 saturated carbocycles. The van der Waals surface area contributed by atoms with E-state index in [-0.39, 0.29) is 0 Å². The first-order chi connectivity index (χ1) is 7.34. The van der Waals surface area contributed by atoms with Gasteiger partial charge >= 0.3 is 5.97 Å². The van der Waals surface area contributed by atoms with Crippen LogP contribution in [0.3, 0.4) is 0 Å². The summed E-state index contributed by atoms with van der Waals surface area (Å²) in [6, 6.07) is -1.62. The van der Waals surface area contributed by atoms with Gasteiger partial charge in [-0.05, 0) is 5.53 Å². The van der Waals surface area contributed by atoms with E-state index in [2.05, 4.69) is 10.0 Å². The van der Waals surface area contributed by atoms with E-state index in [1.807, 2.05) is 0 Å². The van der Waals surface area contributed by atoms with Crippen molar-refractivity contribution < 1.29 is 30.3 Å². The molecule has 0 radical (unpaired) electrons. The Hall–Kier alpha value is -1.38. The molecule has 90 valence electrons. The summed E-state index contributed by atoms with van der Waals surface area (Å²) in [7, 11) is 0. The van der Waals surface area contributed by atoms with Crippen LogP contribution >= 0.6 is 0 Å². The fraction of sp³-hybridized carbons (Fsp3) is 0.857. The van der Waals surface area contributed by atoms with Crippen molar-refractivity contribution in [3.63, 3.8) is 0 Å². The van der Waals surface area contributed by atoms with Crippen LogP contribution in [0.25, 0.3) is 10.4 Å². The first-order valence-corrected chi connectivity index (χ1v) is 4.38. The van der Waals surface area contributed by atoms with Gasteiger partial charge in [0.05, 0.1) is 18.2 Å². The zero-order valence-electron chi connectivity index (χ0n) is 8.00.